The van der Waals surface area contributed by atoms with E-state index in [2.05, 4.69) is 23.6 Å². The molecule has 1 heterocycles. The van der Waals surface area contributed by atoms with Gasteiger partial charge in [0.25, 0.3) is 0 Å². The largest absolute Gasteiger partial charge is 0.300 e. The lowest BCUT2D eigenvalue weighted by Gasteiger charge is -2.43. The summed E-state index contributed by atoms with van der Waals surface area (Å²) < 4.78 is 0. The van der Waals surface area contributed by atoms with Gasteiger partial charge in [-0.05, 0) is 26.3 Å². The van der Waals surface area contributed by atoms with E-state index in [1.54, 1.807) is 0 Å². The van der Waals surface area contributed by atoms with Crippen LogP contribution in [0.3, 0.4) is 0 Å². The van der Waals surface area contributed by atoms with E-state index in [9.17, 15) is 4.79 Å². The summed E-state index contributed by atoms with van der Waals surface area (Å²) in [5, 5.41) is 0. The fourth-order valence-corrected chi connectivity index (χ4v) is 3.14. The standard InChI is InChI=1S/C13H24N2O/c1-3-14-7-8-15(10-11(14)2)12-5-4-6-13(16)9-12/h11-12H,3-10H2,1-2H3. The summed E-state index contributed by atoms with van der Waals surface area (Å²) in [4.78, 5) is 16.6. The number of hydrogen-bond acceptors (Lipinski definition) is 3. The highest BCUT2D eigenvalue weighted by atomic mass is 16.1. The Hall–Kier alpha value is -0.410. The van der Waals surface area contributed by atoms with Crippen LogP contribution in [-0.4, -0.2) is 53.8 Å². The van der Waals surface area contributed by atoms with Crippen LogP contribution in [0.1, 0.15) is 39.5 Å². The summed E-state index contributed by atoms with van der Waals surface area (Å²) in [6, 6.07) is 1.19. The zero-order chi connectivity index (χ0) is 11.5. The molecule has 0 aromatic rings. The molecule has 0 spiro atoms. The summed E-state index contributed by atoms with van der Waals surface area (Å²) in [5.74, 6) is 0.474. The second kappa shape index (κ2) is 5.28. The minimum Gasteiger partial charge on any atom is -0.300 e. The van der Waals surface area contributed by atoms with Crippen LogP contribution < -0.4 is 0 Å². The molecule has 2 fully saturated rings. The number of ketones is 1. The van der Waals surface area contributed by atoms with Crippen molar-refractivity contribution in [2.45, 2.75) is 51.6 Å². The molecule has 0 N–H and O–H groups in total. The van der Waals surface area contributed by atoms with Crippen LogP contribution in [0.25, 0.3) is 0 Å². The minimum atomic E-state index is 0.474. The lowest BCUT2D eigenvalue weighted by molar-refractivity contribution is -0.122. The third-order valence-electron chi connectivity index (χ3n) is 4.18. The van der Waals surface area contributed by atoms with Crippen LogP contribution in [-0.2, 0) is 4.79 Å². The van der Waals surface area contributed by atoms with Gasteiger partial charge in [-0.1, -0.05) is 6.92 Å². The third-order valence-corrected chi connectivity index (χ3v) is 4.18. The van der Waals surface area contributed by atoms with E-state index in [1.807, 2.05) is 0 Å². The van der Waals surface area contributed by atoms with E-state index >= 15 is 0 Å². The number of nitrogens with zero attached hydrogens (tertiary/aromatic N) is 2. The van der Waals surface area contributed by atoms with Crippen molar-refractivity contribution in [3.63, 3.8) is 0 Å². The molecule has 2 atom stereocenters. The first-order valence-electron chi connectivity index (χ1n) is 6.70. The van der Waals surface area contributed by atoms with Gasteiger partial charge < -0.3 is 0 Å². The fraction of sp³-hybridized carbons (Fsp3) is 0.923. The van der Waals surface area contributed by atoms with Gasteiger partial charge in [-0.25, -0.2) is 0 Å². The second-order valence-electron chi connectivity index (χ2n) is 5.26. The fourth-order valence-electron chi connectivity index (χ4n) is 3.14. The van der Waals surface area contributed by atoms with Crippen LogP contribution in [0.2, 0.25) is 0 Å². The van der Waals surface area contributed by atoms with Gasteiger partial charge in [-0.15, -0.1) is 0 Å². The van der Waals surface area contributed by atoms with Gasteiger partial charge in [-0.3, -0.25) is 14.6 Å². The maximum atomic E-state index is 11.5. The van der Waals surface area contributed by atoms with E-state index in [-0.39, 0.29) is 0 Å². The Morgan fingerprint density at radius 3 is 2.81 bits per heavy atom. The highest BCUT2D eigenvalue weighted by molar-refractivity contribution is 5.79. The second-order valence-corrected chi connectivity index (χ2v) is 5.26. The summed E-state index contributed by atoms with van der Waals surface area (Å²) in [6.45, 7) is 9.15. The number of carbonyl (C=O) groups excluding carboxylic acids is 1. The number of carbonyl (C=O) groups is 1. The normalized spacial score (nSPS) is 34.2. The minimum absolute atomic E-state index is 0.474. The lowest BCUT2D eigenvalue weighted by atomic mass is 9.92. The molecule has 0 amide bonds. The van der Waals surface area contributed by atoms with Crippen molar-refractivity contribution in [1.82, 2.24) is 9.80 Å². The van der Waals surface area contributed by atoms with Crippen LogP contribution in [0, 0.1) is 0 Å². The highest BCUT2D eigenvalue weighted by Gasteiger charge is 2.30. The molecule has 2 unspecified atom stereocenters. The van der Waals surface area contributed by atoms with E-state index < -0.39 is 0 Å². The van der Waals surface area contributed by atoms with Gasteiger partial charge in [0, 0.05) is 44.6 Å². The first kappa shape index (κ1) is 12.1. The predicted octanol–water partition coefficient (Wildman–Crippen LogP) is 1.52. The van der Waals surface area contributed by atoms with Crippen molar-refractivity contribution in [1.29, 1.82) is 0 Å². The molecule has 0 radical (unpaired) electrons. The summed E-state index contributed by atoms with van der Waals surface area (Å²) in [7, 11) is 0. The van der Waals surface area contributed by atoms with Crippen molar-refractivity contribution in [3.8, 4) is 0 Å². The molecule has 0 bridgehead atoms. The Bertz CT molecular complexity index is 254. The molecule has 1 aliphatic carbocycles. The van der Waals surface area contributed by atoms with Gasteiger partial charge in [-0.2, -0.15) is 0 Å². The van der Waals surface area contributed by atoms with Gasteiger partial charge in [0.1, 0.15) is 5.78 Å². The molecule has 0 aromatic carbocycles. The first-order chi connectivity index (χ1) is 7.70. The van der Waals surface area contributed by atoms with Gasteiger partial charge >= 0.3 is 0 Å². The Morgan fingerprint density at radius 2 is 2.19 bits per heavy atom. The van der Waals surface area contributed by atoms with Crippen molar-refractivity contribution in [2.24, 2.45) is 0 Å². The SMILES string of the molecule is CCN1CCN(C2CCCC(=O)C2)CC1C. The average molecular weight is 224 g/mol. The van der Waals surface area contributed by atoms with Crippen molar-refractivity contribution in [2.75, 3.05) is 26.2 Å². The summed E-state index contributed by atoms with van der Waals surface area (Å²) >= 11 is 0. The van der Waals surface area contributed by atoms with Gasteiger partial charge in [0.15, 0.2) is 0 Å². The van der Waals surface area contributed by atoms with E-state index in [0.29, 0.717) is 17.9 Å². The van der Waals surface area contributed by atoms with E-state index in [0.717, 1.165) is 38.9 Å². The highest BCUT2D eigenvalue weighted by Crippen LogP contribution is 2.22. The number of likely N-dealkylation sites (N-methyl/N-ethyl adjacent to an activating group) is 1. The van der Waals surface area contributed by atoms with Crippen LogP contribution in [0.15, 0.2) is 0 Å². The number of Topliss-reactive ketones (excluding diaryl/α,β-unsaturated/α-hetero) is 1. The molecule has 1 aliphatic heterocycles. The van der Waals surface area contributed by atoms with Crippen molar-refractivity contribution >= 4 is 5.78 Å². The van der Waals surface area contributed by atoms with Crippen LogP contribution in [0.5, 0.6) is 0 Å². The quantitative estimate of drug-likeness (QED) is 0.710. The number of hydrogen-bond donors (Lipinski definition) is 0. The molecule has 3 heteroatoms. The summed E-state index contributed by atoms with van der Waals surface area (Å²) in [5.41, 5.74) is 0. The van der Waals surface area contributed by atoms with E-state index in [4.69, 9.17) is 0 Å². The van der Waals surface area contributed by atoms with Crippen molar-refractivity contribution in [3.05, 3.63) is 0 Å². The molecule has 92 valence electrons. The molecule has 2 aliphatic rings. The molecular weight excluding hydrogens is 200 g/mol. The zero-order valence-corrected chi connectivity index (χ0v) is 10.6. The lowest BCUT2D eigenvalue weighted by Crippen LogP contribution is -2.55. The van der Waals surface area contributed by atoms with Gasteiger partial charge in [0.2, 0.25) is 0 Å². The Kier molecular flexibility index (Phi) is 3.98. The maximum Gasteiger partial charge on any atom is 0.134 e. The molecule has 16 heavy (non-hydrogen) atoms. The van der Waals surface area contributed by atoms with Crippen molar-refractivity contribution < 1.29 is 4.79 Å². The first-order valence-corrected chi connectivity index (χ1v) is 6.70. The molecular formula is C13H24N2O. The third kappa shape index (κ3) is 2.64. The van der Waals surface area contributed by atoms with Gasteiger partial charge in [0.05, 0.1) is 0 Å². The molecule has 2 rings (SSSR count). The summed E-state index contributed by atoms with van der Waals surface area (Å²) in [6.07, 6.45) is 3.95. The Labute approximate surface area is 98.8 Å². The van der Waals surface area contributed by atoms with Crippen LogP contribution in [0.4, 0.5) is 0 Å². The monoisotopic (exact) mass is 224 g/mol. The average Bonchev–Trinajstić information content (AvgIpc) is 2.29. The molecule has 0 aromatic heterocycles. The molecule has 3 nitrogen and oxygen atoms in total. The number of piperazine rings is 1. The maximum absolute atomic E-state index is 11.5. The Balaban J connectivity index is 1.89. The number of rotatable bonds is 2. The molecule has 1 saturated heterocycles. The Morgan fingerprint density at radius 1 is 1.38 bits per heavy atom. The topological polar surface area (TPSA) is 23.6 Å². The molecule has 1 saturated carbocycles. The zero-order valence-electron chi connectivity index (χ0n) is 10.6. The van der Waals surface area contributed by atoms with E-state index in [1.165, 1.54) is 13.0 Å². The smallest absolute Gasteiger partial charge is 0.134 e. The predicted molar refractivity (Wildman–Crippen MR) is 65.5 cm³/mol. The van der Waals surface area contributed by atoms with Crippen LogP contribution >= 0.6 is 0 Å².